The molecule has 0 amide bonds. The summed E-state index contributed by atoms with van der Waals surface area (Å²) in [6.07, 6.45) is -0.609. The predicted molar refractivity (Wildman–Crippen MR) is 135 cm³/mol. The molecular weight excluding hydrogens is 471 g/mol. The third-order valence-corrected chi connectivity index (χ3v) is 4.94. The summed E-state index contributed by atoms with van der Waals surface area (Å²) in [5.74, 6) is -0.355. The number of anilines is 1. The number of carbonyl (C=O) groups excluding carboxylic acids is 1. The molecule has 3 aromatic carbocycles. The van der Waals surface area contributed by atoms with Crippen molar-refractivity contribution in [2.45, 2.75) is 6.10 Å². The van der Waals surface area contributed by atoms with Crippen molar-refractivity contribution in [2.75, 3.05) is 32.1 Å². The zero-order chi connectivity index (χ0) is 21.3. The molecule has 0 aliphatic rings. The molecule has 0 fully saturated rings. The Bertz CT molecular complexity index is 1000. The van der Waals surface area contributed by atoms with E-state index in [1.165, 1.54) is 7.11 Å². The molecule has 5 nitrogen and oxygen atoms in total. The highest BCUT2D eigenvalue weighted by molar-refractivity contribution is 6.30. The molecule has 3 rings (SSSR count). The SMILES string of the molecule is COC(=O)c1ccccc1-c1cccc(NCCNC[C@H](O)c2cccc(Cl)c2)c1.Cl.Cl. The fourth-order valence-electron chi connectivity index (χ4n) is 3.19. The van der Waals surface area contributed by atoms with E-state index < -0.39 is 6.10 Å². The molecule has 0 heterocycles. The summed E-state index contributed by atoms with van der Waals surface area (Å²) in [6, 6.07) is 22.5. The summed E-state index contributed by atoms with van der Waals surface area (Å²) in [4.78, 5) is 12.0. The van der Waals surface area contributed by atoms with E-state index in [4.69, 9.17) is 16.3 Å². The normalized spacial score (nSPS) is 11.0. The Hall–Kier alpha value is -2.28. The lowest BCUT2D eigenvalue weighted by Gasteiger charge is -2.14. The molecule has 1 atom stereocenters. The molecule has 0 bridgehead atoms. The highest BCUT2D eigenvalue weighted by Crippen LogP contribution is 2.26. The number of hydrogen-bond donors (Lipinski definition) is 3. The minimum absolute atomic E-state index is 0. The summed E-state index contributed by atoms with van der Waals surface area (Å²) in [6.45, 7) is 1.81. The number of aliphatic hydroxyl groups excluding tert-OH is 1. The van der Waals surface area contributed by atoms with Gasteiger partial charge < -0.3 is 20.5 Å². The number of carbonyl (C=O) groups is 1. The Morgan fingerprint density at radius 1 is 1.00 bits per heavy atom. The molecule has 172 valence electrons. The molecule has 0 radical (unpaired) electrons. The number of rotatable bonds is 9. The van der Waals surface area contributed by atoms with Crippen LogP contribution in [0.1, 0.15) is 22.0 Å². The number of halogens is 3. The number of aliphatic hydroxyl groups is 1. The summed E-state index contributed by atoms with van der Waals surface area (Å²) >= 11 is 5.97. The van der Waals surface area contributed by atoms with Crippen molar-refractivity contribution in [1.82, 2.24) is 5.32 Å². The average molecular weight is 498 g/mol. The third-order valence-electron chi connectivity index (χ3n) is 4.71. The molecule has 8 heteroatoms. The van der Waals surface area contributed by atoms with Crippen molar-refractivity contribution in [1.29, 1.82) is 0 Å². The summed E-state index contributed by atoms with van der Waals surface area (Å²) in [5, 5.41) is 17.4. The first kappa shape index (κ1) is 27.8. The van der Waals surface area contributed by atoms with Gasteiger partial charge in [-0.3, -0.25) is 0 Å². The Morgan fingerprint density at radius 2 is 1.75 bits per heavy atom. The van der Waals surface area contributed by atoms with E-state index in [0.29, 0.717) is 30.2 Å². The minimum Gasteiger partial charge on any atom is -0.465 e. The monoisotopic (exact) mass is 496 g/mol. The van der Waals surface area contributed by atoms with Gasteiger partial charge in [0, 0.05) is 30.3 Å². The van der Waals surface area contributed by atoms with Crippen LogP contribution < -0.4 is 10.6 Å². The fourth-order valence-corrected chi connectivity index (χ4v) is 3.38. The number of methoxy groups -OCH3 is 1. The van der Waals surface area contributed by atoms with Gasteiger partial charge in [-0.25, -0.2) is 4.79 Å². The minimum atomic E-state index is -0.609. The first-order valence-electron chi connectivity index (χ1n) is 9.74. The molecule has 0 spiro atoms. The van der Waals surface area contributed by atoms with Crippen LogP contribution in [-0.2, 0) is 4.74 Å². The second-order valence-electron chi connectivity index (χ2n) is 6.82. The molecule has 3 N–H and O–H groups in total. The first-order chi connectivity index (χ1) is 14.6. The van der Waals surface area contributed by atoms with Crippen molar-refractivity contribution < 1.29 is 14.6 Å². The smallest absolute Gasteiger partial charge is 0.338 e. The van der Waals surface area contributed by atoms with Gasteiger partial charge >= 0.3 is 5.97 Å². The van der Waals surface area contributed by atoms with Gasteiger partial charge in [-0.2, -0.15) is 0 Å². The number of benzene rings is 3. The van der Waals surface area contributed by atoms with Gasteiger partial charge in [0.2, 0.25) is 0 Å². The van der Waals surface area contributed by atoms with Crippen molar-refractivity contribution in [3.8, 4) is 11.1 Å². The zero-order valence-corrected chi connectivity index (χ0v) is 20.0. The van der Waals surface area contributed by atoms with Gasteiger partial charge in [0.15, 0.2) is 0 Å². The van der Waals surface area contributed by atoms with Crippen molar-refractivity contribution in [2.24, 2.45) is 0 Å². The Morgan fingerprint density at radius 3 is 2.50 bits per heavy atom. The molecular formula is C24H27Cl3N2O3. The molecule has 0 aliphatic carbocycles. The van der Waals surface area contributed by atoms with Gasteiger partial charge in [-0.05, 0) is 47.0 Å². The topological polar surface area (TPSA) is 70.6 Å². The Kier molecular flexibility index (Phi) is 12.1. The highest BCUT2D eigenvalue weighted by Gasteiger charge is 2.12. The maximum atomic E-state index is 12.0. The third kappa shape index (κ3) is 7.69. The molecule has 0 unspecified atom stereocenters. The average Bonchev–Trinajstić information content (AvgIpc) is 2.78. The standard InChI is InChI=1S/C24H25ClN2O3.2ClH/c1-30-24(29)22-11-3-2-10-21(22)17-6-5-9-20(15-17)27-13-12-26-16-23(28)18-7-4-8-19(25)14-18;;/h2-11,14-15,23,26-28H,12-13,16H2,1H3;2*1H/t23-;;/m0../s1. The molecule has 0 aromatic heterocycles. The fraction of sp³-hybridized carbons (Fsp3) is 0.208. The van der Waals surface area contributed by atoms with Crippen molar-refractivity contribution in [3.63, 3.8) is 0 Å². The van der Waals surface area contributed by atoms with Gasteiger partial charge in [0.1, 0.15) is 0 Å². The van der Waals surface area contributed by atoms with Crippen LogP contribution in [-0.4, -0.2) is 37.8 Å². The molecule has 0 saturated carbocycles. The van der Waals surface area contributed by atoms with Crippen LogP contribution in [0.25, 0.3) is 11.1 Å². The van der Waals surface area contributed by atoms with E-state index in [-0.39, 0.29) is 30.8 Å². The Balaban J connectivity index is 0.00000256. The molecule has 0 aliphatic heterocycles. The number of ether oxygens (including phenoxy) is 1. The van der Waals surface area contributed by atoms with Gasteiger partial charge in [0.25, 0.3) is 0 Å². The molecule has 0 saturated heterocycles. The van der Waals surface area contributed by atoms with E-state index in [9.17, 15) is 9.90 Å². The quantitative estimate of drug-likeness (QED) is 0.274. The predicted octanol–water partition coefficient (Wildman–Crippen LogP) is 5.37. The van der Waals surface area contributed by atoms with E-state index in [1.807, 2.05) is 54.6 Å². The van der Waals surface area contributed by atoms with E-state index >= 15 is 0 Å². The van der Waals surface area contributed by atoms with Crippen LogP contribution in [0.15, 0.2) is 72.8 Å². The van der Waals surface area contributed by atoms with E-state index in [2.05, 4.69) is 10.6 Å². The number of nitrogens with one attached hydrogen (secondary N) is 2. The van der Waals surface area contributed by atoms with E-state index in [1.54, 1.807) is 18.2 Å². The first-order valence-corrected chi connectivity index (χ1v) is 10.1. The van der Waals surface area contributed by atoms with Crippen molar-refractivity contribution >= 4 is 48.1 Å². The van der Waals surface area contributed by atoms with Crippen LogP contribution in [0.4, 0.5) is 5.69 Å². The lowest BCUT2D eigenvalue weighted by atomic mass is 9.99. The summed E-state index contributed by atoms with van der Waals surface area (Å²) < 4.78 is 4.89. The van der Waals surface area contributed by atoms with Crippen LogP contribution in [0, 0.1) is 0 Å². The highest BCUT2D eigenvalue weighted by atomic mass is 35.5. The van der Waals surface area contributed by atoms with Gasteiger partial charge in [0.05, 0.1) is 18.8 Å². The van der Waals surface area contributed by atoms with Gasteiger partial charge in [-0.1, -0.05) is 54.1 Å². The Labute approximate surface area is 206 Å². The number of esters is 1. The van der Waals surface area contributed by atoms with Gasteiger partial charge in [-0.15, -0.1) is 24.8 Å². The van der Waals surface area contributed by atoms with Crippen LogP contribution in [0.5, 0.6) is 0 Å². The maximum absolute atomic E-state index is 12.0. The lowest BCUT2D eigenvalue weighted by Crippen LogP contribution is -2.26. The van der Waals surface area contributed by atoms with Crippen LogP contribution in [0.3, 0.4) is 0 Å². The lowest BCUT2D eigenvalue weighted by molar-refractivity contribution is 0.0601. The zero-order valence-electron chi connectivity index (χ0n) is 17.6. The second-order valence-corrected chi connectivity index (χ2v) is 7.26. The summed E-state index contributed by atoms with van der Waals surface area (Å²) in [7, 11) is 1.38. The van der Waals surface area contributed by atoms with E-state index in [0.717, 1.165) is 22.4 Å². The second kappa shape index (κ2) is 14.0. The molecule has 3 aromatic rings. The van der Waals surface area contributed by atoms with Crippen molar-refractivity contribution in [3.05, 3.63) is 88.9 Å². The van der Waals surface area contributed by atoms with Crippen LogP contribution >= 0.6 is 36.4 Å². The maximum Gasteiger partial charge on any atom is 0.338 e. The molecule has 32 heavy (non-hydrogen) atoms. The van der Waals surface area contributed by atoms with Crippen LogP contribution in [0.2, 0.25) is 5.02 Å². The largest absolute Gasteiger partial charge is 0.465 e. The number of hydrogen-bond acceptors (Lipinski definition) is 5. The summed E-state index contributed by atoms with van der Waals surface area (Å²) in [5.41, 5.74) is 4.04.